The van der Waals surface area contributed by atoms with Gasteiger partial charge in [0, 0.05) is 0 Å². The van der Waals surface area contributed by atoms with E-state index in [1.165, 1.54) is 25.7 Å². The van der Waals surface area contributed by atoms with Gasteiger partial charge in [-0.05, 0) is 45.4 Å². The molecule has 0 fully saturated rings. The third-order valence-electron chi connectivity index (χ3n) is 2.19. The summed E-state index contributed by atoms with van der Waals surface area (Å²) in [5.41, 5.74) is 1.60. The van der Waals surface area contributed by atoms with Gasteiger partial charge in [-0.15, -0.1) is 6.58 Å². The SMILES string of the molecule is C=CC.CC.CCC1C=C(C)CCC1. The Kier molecular flexibility index (Phi) is 14.2. The van der Waals surface area contributed by atoms with Gasteiger partial charge in [-0.25, -0.2) is 0 Å². The number of hydrogen-bond donors (Lipinski definition) is 0. The van der Waals surface area contributed by atoms with Crippen molar-refractivity contribution < 1.29 is 0 Å². The highest BCUT2D eigenvalue weighted by atomic mass is 14.1. The third kappa shape index (κ3) is 9.57. The fourth-order valence-electron chi connectivity index (χ4n) is 1.53. The second kappa shape index (κ2) is 12.5. The van der Waals surface area contributed by atoms with E-state index in [1.54, 1.807) is 11.6 Å². The second-order valence-electron chi connectivity index (χ2n) is 3.48. The summed E-state index contributed by atoms with van der Waals surface area (Å²) >= 11 is 0. The highest BCUT2D eigenvalue weighted by molar-refractivity contribution is 5.04. The fourth-order valence-corrected chi connectivity index (χ4v) is 1.53. The first-order chi connectivity index (χ1) is 6.74. The van der Waals surface area contributed by atoms with Crippen LogP contribution in [0.2, 0.25) is 0 Å². The lowest BCUT2D eigenvalue weighted by atomic mass is 9.90. The molecule has 0 aromatic heterocycles. The highest BCUT2D eigenvalue weighted by Crippen LogP contribution is 2.24. The molecule has 0 saturated heterocycles. The zero-order valence-corrected chi connectivity index (χ0v) is 10.8. The summed E-state index contributed by atoms with van der Waals surface area (Å²) in [6.07, 6.45) is 9.71. The maximum atomic E-state index is 3.36. The van der Waals surface area contributed by atoms with E-state index in [4.69, 9.17) is 0 Å². The van der Waals surface area contributed by atoms with E-state index in [9.17, 15) is 0 Å². The number of rotatable bonds is 1. The molecule has 84 valence electrons. The Balaban J connectivity index is 0. The van der Waals surface area contributed by atoms with Crippen LogP contribution in [-0.2, 0) is 0 Å². The quantitative estimate of drug-likeness (QED) is 0.495. The van der Waals surface area contributed by atoms with E-state index in [0.717, 1.165) is 5.92 Å². The van der Waals surface area contributed by atoms with Crippen LogP contribution in [0.15, 0.2) is 24.3 Å². The molecular formula is C14H28. The van der Waals surface area contributed by atoms with E-state index < -0.39 is 0 Å². The molecular weight excluding hydrogens is 168 g/mol. The van der Waals surface area contributed by atoms with Crippen molar-refractivity contribution in [3.8, 4) is 0 Å². The molecule has 0 spiro atoms. The average molecular weight is 196 g/mol. The van der Waals surface area contributed by atoms with Crippen LogP contribution >= 0.6 is 0 Å². The Hall–Kier alpha value is -0.520. The van der Waals surface area contributed by atoms with Gasteiger partial charge in [-0.1, -0.05) is 38.5 Å². The Morgan fingerprint density at radius 1 is 1.50 bits per heavy atom. The average Bonchev–Trinajstić information content (AvgIpc) is 2.22. The zero-order valence-electron chi connectivity index (χ0n) is 10.8. The maximum absolute atomic E-state index is 3.36. The summed E-state index contributed by atoms with van der Waals surface area (Å²) in [5, 5.41) is 0. The van der Waals surface area contributed by atoms with E-state index in [-0.39, 0.29) is 0 Å². The van der Waals surface area contributed by atoms with Crippen LogP contribution in [0, 0.1) is 5.92 Å². The molecule has 1 rings (SSSR count). The molecule has 1 aliphatic rings. The largest absolute Gasteiger partial charge is 0.103 e. The predicted molar refractivity (Wildman–Crippen MR) is 68.6 cm³/mol. The fraction of sp³-hybridized carbons (Fsp3) is 0.714. The van der Waals surface area contributed by atoms with Gasteiger partial charge in [0.1, 0.15) is 0 Å². The van der Waals surface area contributed by atoms with E-state index in [0.29, 0.717) is 0 Å². The molecule has 1 aliphatic carbocycles. The molecule has 1 atom stereocenters. The first kappa shape index (κ1) is 15.9. The van der Waals surface area contributed by atoms with Gasteiger partial charge in [-0.3, -0.25) is 0 Å². The van der Waals surface area contributed by atoms with Gasteiger partial charge in [-0.2, -0.15) is 0 Å². The van der Waals surface area contributed by atoms with Crippen molar-refractivity contribution in [3.63, 3.8) is 0 Å². The molecule has 0 aliphatic heterocycles. The van der Waals surface area contributed by atoms with Crippen molar-refractivity contribution >= 4 is 0 Å². The van der Waals surface area contributed by atoms with Gasteiger partial charge in [0.15, 0.2) is 0 Å². The lowest BCUT2D eigenvalue weighted by Crippen LogP contribution is -2.01. The third-order valence-corrected chi connectivity index (χ3v) is 2.19. The second-order valence-corrected chi connectivity index (χ2v) is 3.48. The van der Waals surface area contributed by atoms with E-state index >= 15 is 0 Å². The Morgan fingerprint density at radius 2 is 2.00 bits per heavy atom. The zero-order chi connectivity index (χ0) is 11.4. The highest BCUT2D eigenvalue weighted by Gasteiger charge is 2.07. The molecule has 0 saturated carbocycles. The summed E-state index contributed by atoms with van der Waals surface area (Å²) in [4.78, 5) is 0. The number of allylic oxidation sites excluding steroid dienone is 3. The molecule has 0 aromatic carbocycles. The minimum absolute atomic E-state index is 0.902. The molecule has 14 heavy (non-hydrogen) atoms. The maximum Gasteiger partial charge on any atom is -0.0233 e. The topological polar surface area (TPSA) is 0 Å². The van der Waals surface area contributed by atoms with Crippen LogP contribution in [0.3, 0.4) is 0 Å². The summed E-state index contributed by atoms with van der Waals surface area (Å²) < 4.78 is 0. The molecule has 0 radical (unpaired) electrons. The van der Waals surface area contributed by atoms with Crippen molar-refractivity contribution in [2.24, 2.45) is 5.92 Å². The monoisotopic (exact) mass is 196 g/mol. The van der Waals surface area contributed by atoms with Crippen molar-refractivity contribution in [1.82, 2.24) is 0 Å². The van der Waals surface area contributed by atoms with Crippen LogP contribution < -0.4 is 0 Å². The number of hydrogen-bond acceptors (Lipinski definition) is 0. The molecule has 0 N–H and O–H groups in total. The summed E-state index contributed by atoms with van der Waals surface area (Å²) in [6.45, 7) is 13.8. The van der Waals surface area contributed by atoms with Crippen LogP contribution in [0.25, 0.3) is 0 Å². The van der Waals surface area contributed by atoms with E-state index in [2.05, 4.69) is 26.5 Å². The van der Waals surface area contributed by atoms with Crippen molar-refractivity contribution in [1.29, 1.82) is 0 Å². The van der Waals surface area contributed by atoms with Gasteiger partial charge >= 0.3 is 0 Å². The summed E-state index contributed by atoms with van der Waals surface area (Å²) in [5.74, 6) is 0.902. The molecule has 0 heteroatoms. The predicted octanol–water partition coefficient (Wildman–Crippen LogP) is 5.36. The van der Waals surface area contributed by atoms with Crippen molar-refractivity contribution in [3.05, 3.63) is 24.3 Å². The first-order valence-corrected chi connectivity index (χ1v) is 5.98. The molecule has 0 aromatic rings. The Labute approximate surface area is 91.1 Å². The minimum Gasteiger partial charge on any atom is -0.103 e. The molecule has 0 nitrogen and oxygen atoms in total. The summed E-state index contributed by atoms with van der Waals surface area (Å²) in [7, 11) is 0. The molecule has 0 amide bonds. The van der Waals surface area contributed by atoms with Crippen LogP contribution in [-0.4, -0.2) is 0 Å². The standard InChI is InChI=1S/C9H16.C3H6.C2H6/c1-3-9-6-4-5-8(2)7-9;1-3-2;1-2/h7,9H,3-6H2,1-2H3;3H,1H2,2H3;1-2H3. The summed E-state index contributed by atoms with van der Waals surface area (Å²) in [6, 6.07) is 0. The molecule has 0 heterocycles. The van der Waals surface area contributed by atoms with Crippen LogP contribution in [0.1, 0.15) is 60.3 Å². The van der Waals surface area contributed by atoms with Crippen LogP contribution in [0.5, 0.6) is 0 Å². The minimum atomic E-state index is 0.902. The Bertz CT molecular complexity index is 142. The van der Waals surface area contributed by atoms with Crippen molar-refractivity contribution in [2.75, 3.05) is 0 Å². The lowest BCUT2D eigenvalue weighted by molar-refractivity contribution is 0.515. The van der Waals surface area contributed by atoms with Gasteiger partial charge in [0.25, 0.3) is 0 Å². The van der Waals surface area contributed by atoms with Crippen molar-refractivity contribution in [2.45, 2.75) is 60.3 Å². The lowest BCUT2D eigenvalue weighted by Gasteiger charge is -2.16. The molecule has 1 unspecified atom stereocenters. The van der Waals surface area contributed by atoms with Gasteiger partial charge in [0.05, 0.1) is 0 Å². The van der Waals surface area contributed by atoms with Crippen LogP contribution in [0.4, 0.5) is 0 Å². The molecule has 0 bridgehead atoms. The normalized spacial score (nSPS) is 19.2. The smallest absolute Gasteiger partial charge is 0.0233 e. The Morgan fingerprint density at radius 3 is 2.29 bits per heavy atom. The van der Waals surface area contributed by atoms with Gasteiger partial charge < -0.3 is 0 Å². The first-order valence-electron chi connectivity index (χ1n) is 5.98. The van der Waals surface area contributed by atoms with Gasteiger partial charge in [0.2, 0.25) is 0 Å². The van der Waals surface area contributed by atoms with E-state index in [1.807, 2.05) is 20.8 Å².